The monoisotopic (exact) mass is 567 g/mol. The van der Waals surface area contributed by atoms with Gasteiger partial charge in [0, 0.05) is 55.9 Å². The number of aryl methyl sites for hydroxylation is 2. The molecule has 2 fully saturated rings. The summed E-state index contributed by atoms with van der Waals surface area (Å²) in [5.41, 5.74) is 5.85. The molecule has 222 valence electrons. The number of benzene rings is 2. The van der Waals surface area contributed by atoms with E-state index < -0.39 is 0 Å². The number of likely N-dealkylation sites (tertiary alicyclic amines) is 2. The Labute approximate surface area is 251 Å². The zero-order chi connectivity index (χ0) is 29.9. The standard InChI is InChI=1S/C35H45N5O2/c1-25(28(4)41)30-11-13-31(14-12-30)40(23-29-9-7-6-8-10-29)32-15-19-39(20-16-32)35(5)17-21-38(22-18-35)34(42)33-26(2)36-24-37-27(33)3/h6-14,24-25,32H,15-23H2,1-5H3. The number of carbonyl (C=O) groups excluding carboxylic acids is 2. The molecule has 7 heteroatoms. The Morgan fingerprint density at radius 1 is 0.929 bits per heavy atom. The summed E-state index contributed by atoms with van der Waals surface area (Å²) in [5.74, 6) is 0.173. The maximum atomic E-state index is 13.3. The van der Waals surface area contributed by atoms with Gasteiger partial charge in [-0.1, -0.05) is 49.4 Å². The molecule has 0 N–H and O–H groups in total. The highest BCUT2D eigenvalue weighted by molar-refractivity contribution is 5.96. The first-order chi connectivity index (χ1) is 20.2. The Morgan fingerprint density at radius 2 is 1.52 bits per heavy atom. The fourth-order valence-corrected chi connectivity index (χ4v) is 6.69. The molecule has 1 unspecified atom stereocenters. The highest BCUT2D eigenvalue weighted by atomic mass is 16.2. The van der Waals surface area contributed by atoms with Crippen LogP contribution < -0.4 is 4.90 Å². The number of nitrogens with zero attached hydrogens (tertiary/aromatic N) is 5. The fraction of sp³-hybridized carbons (Fsp3) is 0.486. The van der Waals surface area contributed by atoms with Gasteiger partial charge < -0.3 is 9.80 Å². The summed E-state index contributed by atoms with van der Waals surface area (Å²) in [7, 11) is 0. The van der Waals surface area contributed by atoms with E-state index in [0.717, 1.165) is 75.4 Å². The van der Waals surface area contributed by atoms with Crippen molar-refractivity contribution in [2.24, 2.45) is 0 Å². The van der Waals surface area contributed by atoms with Crippen LogP contribution in [-0.2, 0) is 11.3 Å². The van der Waals surface area contributed by atoms with Crippen molar-refractivity contribution in [3.8, 4) is 0 Å². The molecular formula is C35H45N5O2. The summed E-state index contributed by atoms with van der Waals surface area (Å²) in [6, 6.07) is 19.8. The molecule has 0 saturated carbocycles. The molecule has 1 atom stereocenters. The molecule has 2 aromatic carbocycles. The third-order valence-electron chi connectivity index (χ3n) is 9.77. The van der Waals surface area contributed by atoms with Gasteiger partial charge in [-0.05, 0) is 76.6 Å². The van der Waals surface area contributed by atoms with Crippen molar-refractivity contribution in [3.05, 3.63) is 89.0 Å². The summed E-state index contributed by atoms with van der Waals surface area (Å²) in [6.07, 6.45) is 5.66. The van der Waals surface area contributed by atoms with Crippen LogP contribution in [0.25, 0.3) is 0 Å². The Hall–Kier alpha value is -3.58. The summed E-state index contributed by atoms with van der Waals surface area (Å²) in [6.45, 7) is 14.3. The second kappa shape index (κ2) is 12.7. The summed E-state index contributed by atoms with van der Waals surface area (Å²) in [5, 5.41) is 0. The average Bonchev–Trinajstić information content (AvgIpc) is 3.00. The zero-order valence-corrected chi connectivity index (χ0v) is 25.8. The number of amides is 1. The maximum absolute atomic E-state index is 13.3. The van der Waals surface area contributed by atoms with E-state index in [0.29, 0.717) is 11.6 Å². The molecule has 0 aliphatic carbocycles. The summed E-state index contributed by atoms with van der Waals surface area (Å²) in [4.78, 5) is 41.0. The topological polar surface area (TPSA) is 69.6 Å². The molecule has 2 aliphatic rings. The van der Waals surface area contributed by atoms with Crippen molar-refractivity contribution >= 4 is 17.4 Å². The van der Waals surface area contributed by atoms with Crippen LogP contribution in [0.5, 0.6) is 0 Å². The molecule has 1 amide bonds. The molecule has 0 radical (unpaired) electrons. The van der Waals surface area contributed by atoms with Crippen molar-refractivity contribution in [1.82, 2.24) is 19.8 Å². The maximum Gasteiger partial charge on any atom is 0.257 e. The number of hydrogen-bond acceptors (Lipinski definition) is 6. The number of Topliss-reactive ketones (excluding diaryl/α,β-unsaturated/α-hetero) is 1. The van der Waals surface area contributed by atoms with Crippen LogP contribution in [0.2, 0.25) is 0 Å². The molecule has 2 saturated heterocycles. The Balaban J connectivity index is 1.24. The van der Waals surface area contributed by atoms with Crippen LogP contribution in [0, 0.1) is 13.8 Å². The molecule has 1 aromatic heterocycles. The van der Waals surface area contributed by atoms with Crippen molar-refractivity contribution in [3.63, 3.8) is 0 Å². The molecule has 2 aliphatic heterocycles. The van der Waals surface area contributed by atoms with Gasteiger partial charge in [-0.15, -0.1) is 0 Å². The predicted octanol–water partition coefficient (Wildman–Crippen LogP) is 5.95. The SMILES string of the molecule is CC(=O)C(C)c1ccc(N(Cc2ccccc2)C2CCN(C3(C)CCN(C(=O)c4c(C)ncnc4C)CC3)CC2)cc1. The lowest BCUT2D eigenvalue weighted by atomic mass is 9.85. The minimum absolute atomic E-state index is 0.0617. The number of anilines is 1. The first-order valence-electron chi connectivity index (χ1n) is 15.4. The second-order valence-electron chi connectivity index (χ2n) is 12.5. The molecule has 3 heterocycles. The van der Waals surface area contributed by atoms with Gasteiger partial charge in [-0.2, -0.15) is 0 Å². The van der Waals surface area contributed by atoms with E-state index in [9.17, 15) is 9.59 Å². The molecule has 42 heavy (non-hydrogen) atoms. The van der Waals surface area contributed by atoms with Gasteiger partial charge in [-0.3, -0.25) is 14.5 Å². The van der Waals surface area contributed by atoms with E-state index in [4.69, 9.17) is 0 Å². The molecule has 3 aromatic rings. The largest absolute Gasteiger partial charge is 0.364 e. The zero-order valence-electron chi connectivity index (χ0n) is 25.8. The van der Waals surface area contributed by atoms with Crippen molar-refractivity contribution in [2.45, 2.75) is 84.3 Å². The van der Waals surface area contributed by atoms with Gasteiger partial charge in [0.15, 0.2) is 0 Å². The number of rotatable bonds is 8. The molecule has 0 bridgehead atoms. The average molecular weight is 568 g/mol. The van der Waals surface area contributed by atoms with E-state index in [2.05, 4.69) is 81.3 Å². The fourth-order valence-electron chi connectivity index (χ4n) is 6.69. The lowest BCUT2D eigenvalue weighted by Crippen LogP contribution is -2.58. The third-order valence-corrected chi connectivity index (χ3v) is 9.77. The number of carbonyl (C=O) groups is 2. The van der Waals surface area contributed by atoms with E-state index in [-0.39, 0.29) is 23.1 Å². The van der Waals surface area contributed by atoms with E-state index in [1.807, 2.05) is 25.7 Å². The van der Waals surface area contributed by atoms with Crippen LogP contribution in [0.3, 0.4) is 0 Å². The van der Waals surface area contributed by atoms with Gasteiger partial charge in [-0.25, -0.2) is 9.97 Å². The van der Waals surface area contributed by atoms with Gasteiger partial charge in [0.2, 0.25) is 0 Å². The van der Waals surface area contributed by atoms with Crippen molar-refractivity contribution in [1.29, 1.82) is 0 Å². The van der Waals surface area contributed by atoms with E-state index >= 15 is 0 Å². The Kier molecular flexibility index (Phi) is 9.07. The van der Waals surface area contributed by atoms with Crippen molar-refractivity contribution in [2.75, 3.05) is 31.1 Å². The lowest BCUT2D eigenvalue weighted by molar-refractivity contribution is -0.118. The highest BCUT2D eigenvalue weighted by Gasteiger charge is 2.39. The molecule has 5 rings (SSSR count). The van der Waals surface area contributed by atoms with Gasteiger partial charge >= 0.3 is 0 Å². The lowest BCUT2D eigenvalue weighted by Gasteiger charge is -2.50. The summed E-state index contributed by atoms with van der Waals surface area (Å²) >= 11 is 0. The van der Waals surface area contributed by atoms with Crippen LogP contribution >= 0.6 is 0 Å². The van der Waals surface area contributed by atoms with Crippen LogP contribution in [0.1, 0.15) is 85.2 Å². The first kappa shape index (κ1) is 29.9. The number of ketones is 1. The number of aromatic nitrogens is 2. The Bertz CT molecular complexity index is 1350. The van der Waals surface area contributed by atoms with Crippen molar-refractivity contribution < 1.29 is 9.59 Å². The third kappa shape index (κ3) is 6.41. The van der Waals surface area contributed by atoms with E-state index in [1.54, 1.807) is 6.92 Å². The molecular weight excluding hydrogens is 522 g/mol. The summed E-state index contributed by atoms with van der Waals surface area (Å²) < 4.78 is 0. The minimum Gasteiger partial charge on any atom is -0.364 e. The van der Waals surface area contributed by atoms with Gasteiger partial charge in [0.05, 0.1) is 17.0 Å². The van der Waals surface area contributed by atoms with Crippen LogP contribution in [0.15, 0.2) is 60.9 Å². The quantitative estimate of drug-likeness (QED) is 0.335. The van der Waals surface area contributed by atoms with Crippen LogP contribution in [-0.4, -0.2) is 69.2 Å². The van der Waals surface area contributed by atoms with Crippen LogP contribution in [0.4, 0.5) is 5.69 Å². The number of hydrogen-bond donors (Lipinski definition) is 0. The second-order valence-corrected chi connectivity index (χ2v) is 12.5. The predicted molar refractivity (Wildman–Crippen MR) is 168 cm³/mol. The molecule has 7 nitrogen and oxygen atoms in total. The molecule has 0 spiro atoms. The Morgan fingerprint density at radius 3 is 2.10 bits per heavy atom. The normalized spacial score (nSPS) is 18.5. The number of piperidine rings is 2. The van der Waals surface area contributed by atoms with Gasteiger partial charge in [0.25, 0.3) is 5.91 Å². The smallest absolute Gasteiger partial charge is 0.257 e. The van der Waals surface area contributed by atoms with E-state index in [1.165, 1.54) is 17.6 Å². The van der Waals surface area contributed by atoms with Gasteiger partial charge in [0.1, 0.15) is 12.1 Å². The highest BCUT2D eigenvalue weighted by Crippen LogP contribution is 2.34. The minimum atomic E-state index is -0.0820. The first-order valence-corrected chi connectivity index (χ1v) is 15.4.